The number of hydrogen-bond acceptors (Lipinski definition) is 2. The Morgan fingerprint density at radius 2 is 2.20 bits per heavy atom. The first-order valence-electron chi connectivity index (χ1n) is 4.76. The van der Waals surface area contributed by atoms with Crippen LogP contribution < -0.4 is 0 Å². The van der Waals surface area contributed by atoms with Gasteiger partial charge in [0, 0.05) is 17.0 Å². The summed E-state index contributed by atoms with van der Waals surface area (Å²) in [5.41, 5.74) is 1.50. The van der Waals surface area contributed by atoms with Gasteiger partial charge in [-0.1, -0.05) is 6.07 Å². The maximum absolute atomic E-state index is 10.6. The predicted octanol–water partition coefficient (Wildman–Crippen LogP) is 3.19. The molecule has 4 heteroatoms. The summed E-state index contributed by atoms with van der Waals surface area (Å²) in [6.45, 7) is 4.13. The van der Waals surface area contributed by atoms with Gasteiger partial charge in [-0.15, -0.1) is 0 Å². The van der Waals surface area contributed by atoms with E-state index >= 15 is 0 Å². The molecular weight excluding hydrogens is 256 g/mol. The van der Waals surface area contributed by atoms with Gasteiger partial charge in [-0.2, -0.15) is 5.10 Å². The number of carbonyl (C=O) groups excluding carboxylic acids is 1. The summed E-state index contributed by atoms with van der Waals surface area (Å²) in [4.78, 5) is 10.6. The van der Waals surface area contributed by atoms with Crippen LogP contribution in [0.5, 0.6) is 0 Å². The molecule has 0 aliphatic rings. The zero-order valence-electron chi connectivity index (χ0n) is 8.57. The van der Waals surface area contributed by atoms with E-state index in [2.05, 4.69) is 34.9 Å². The van der Waals surface area contributed by atoms with Gasteiger partial charge in [0.1, 0.15) is 10.9 Å². The molecule has 0 aliphatic heterocycles. The van der Waals surface area contributed by atoms with Crippen LogP contribution >= 0.6 is 15.9 Å². The van der Waals surface area contributed by atoms with Crippen LogP contribution in [-0.2, 0) is 0 Å². The molecule has 1 aromatic carbocycles. The Balaban J connectivity index is 2.70. The third-order valence-electron chi connectivity index (χ3n) is 2.29. The number of aromatic nitrogens is 2. The number of aldehydes is 1. The van der Waals surface area contributed by atoms with E-state index in [1.54, 1.807) is 12.1 Å². The number of nitrogens with zero attached hydrogens (tertiary/aromatic N) is 2. The van der Waals surface area contributed by atoms with Crippen LogP contribution in [0.25, 0.3) is 10.9 Å². The minimum Gasteiger partial charge on any atom is -0.298 e. The Morgan fingerprint density at radius 1 is 1.47 bits per heavy atom. The minimum absolute atomic E-state index is 0.298. The smallest absolute Gasteiger partial charge is 0.150 e. The first kappa shape index (κ1) is 10.4. The van der Waals surface area contributed by atoms with E-state index in [1.165, 1.54) is 0 Å². The van der Waals surface area contributed by atoms with Crippen molar-refractivity contribution < 1.29 is 4.79 Å². The van der Waals surface area contributed by atoms with Gasteiger partial charge in [-0.3, -0.25) is 9.48 Å². The predicted molar refractivity (Wildman–Crippen MR) is 63.2 cm³/mol. The molecule has 0 aliphatic carbocycles. The van der Waals surface area contributed by atoms with Crippen LogP contribution in [0, 0.1) is 0 Å². The lowest BCUT2D eigenvalue weighted by atomic mass is 10.2. The molecule has 0 saturated heterocycles. The Hall–Kier alpha value is -1.16. The molecule has 78 valence electrons. The van der Waals surface area contributed by atoms with Gasteiger partial charge in [0.05, 0.1) is 5.52 Å². The van der Waals surface area contributed by atoms with Crippen LogP contribution in [0.3, 0.4) is 0 Å². The molecule has 3 nitrogen and oxygen atoms in total. The average molecular weight is 267 g/mol. The molecule has 15 heavy (non-hydrogen) atoms. The van der Waals surface area contributed by atoms with Crippen molar-refractivity contribution in [3.8, 4) is 0 Å². The maximum Gasteiger partial charge on any atom is 0.150 e. The second-order valence-electron chi connectivity index (χ2n) is 3.72. The number of fused-ring (bicyclic) bond motifs is 1. The molecule has 1 heterocycles. The van der Waals surface area contributed by atoms with E-state index in [4.69, 9.17) is 0 Å². The van der Waals surface area contributed by atoms with Gasteiger partial charge < -0.3 is 0 Å². The standard InChI is InChI=1S/C11H11BrN2O/c1-7(2)14-11(12)9-4-3-8(6-15)5-10(9)13-14/h3-7H,1-2H3. The van der Waals surface area contributed by atoms with Crippen LogP contribution in [0.4, 0.5) is 0 Å². The normalized spacial score (nSPS) is 11.2. The van der Waals surface area contributed by atoms with Crippen LogP contribution in [0.1, 0.15) is 30.2 Å². The van der Waals surface area contributed by atoms with Crippen molar-refractivity contribution in [1.29, 1.82) is 0 Å². The van der Waals surface area contributed by atoms with Crippen LogP contribution in [-0.4, -0.2) is 16.1 Å². The number of benzene rings is 1. The van der Waals surface area contributed by atoms with E-state index in [1.807, 2.05) is 10.7 Å². The lowest BCUT2D eigenvalue weighted by Gasteiger charge is -2.05. The van der Waals surface area contributed by atoms with Crippen molar-refractivity contribution in [2.75, 3.05) is 0 Å². The molecule has 2 rings (SSSR count). The fourth-order valence-corrected chi connectivity index (χ4v) is 2.33. The molecule has 0 radical (unpaired) electrons. The van der Waals surface area contributed by atoms with E-state index in [-0.39, 0.29) is 0 Å². The van der Waals surface area contributed by atoms with Crippen molar-refractivity contribution >= 4 is 33.1 Å². The highest BCUT2D eigenvalue weighted by atomic mass is 79.9. The maximum atomic E-state index is 10.6. The summed E-state index contributed by atoms with van der Waals surface area (Å²) >= 11 is 3.51. The molecular formula is C11H11BrN2O. The third kappa shape index (κ3) is 1.69. The molecule has 0 amide bonds. The monoisotopic (exact) mass is 266 g/mol. The van der Waals surface area contributed by atoms with Crippen LogP contribution in [0.2, 0.25) is 0 Å². The summed E-state index contributed by atoms with van der Waals surface area (Å²) in [6, 6.07) is 5.81. The summed E-state index contributed by atoms with van der Waals surface area (Å²) < 4.78 is 2.86. The Kier molecular flexibility index (Phi) is 2.61. The Bertz CT molecular complexity index is 517. The average Bonchev–Trinajstić information content (AvgIpc) is 2.55. The summed E-state index contributed by atoms with van der Waals surface area (Å²) in [5, 5.41) is 5.47. The van der Waals surface area contributed by atoms with Gasteiger partial charge in [-0.25, -0.2) is 0 Å². The van der Waals surface area contributed by atoms with E-state index in [0.29, 0.717) is 11.6 Å². The topological polar surface area (TPSA) is 34.9 Å². The van der Waals surface area contributed by atoms with Crippen molar-refractivity contribution in [2.45, 2.75) is 19.9 Å². The highest BCUT2D eigenvalue weighted by Gasteiger charge is 2.10. The number of rotatable bonds is 2. The molecule has 1 aromatic heterocycles. The van der Waals surface area contributed by atoms with E-state index in [9.17, 15) is 4.79 Å². The molecule has 0 fully saturated rings. The largest absolute Gasteiger partial charge is 0.298 e. The van der Waals surface area contributed by atoms with E-state index in [0.717, 1.165) is 21.8 Å². The van der Waals surface area contributed by atoms with Crippen LogP contribution in [0.15, 0.2) is 22.8 Å². The summed E-state index contributed by atoms with van der Waals surface area (Å²) in [7, 11) is 0. The molecule has 2 aromatic rings. The molecule has 0 unspecified atom stereocenters. The van der Waals surface area contributed by atoms with Gasteiger partial charge in [0.2, 0.25) is 0 Å². The SMILES string of the molecule is CC(C)n1nc2cc(C=O)ccc2c1Br. The molecule has 0 atom stereocenters. The highest BCUT2D eigenvalue weighted by Crippen LogP contribution is 2.26. The first-order chi connectivity index (χ1) is 7.13. The minimum atomic E-state index is 0.298. The van der Waals surface area contributed by atoms with Gasteiger partial charge in [-0.05, 0) is 41.9 Å². The van der Waals surface area contributed by atoms with Crippen molar-refractivity contribution in [3.63, 3.8) is 0 Å². The van der Waals surface area contributed by atoms with Crippen molar-refractivity contribution in [1.82, 2.24) is 9.78 Å². The second-order valence-corrected chi connectivity index (χ2v) is 4.47. The third-order valence-corrected chi connectivity index (χ3v) is 3.08. The van der Waals surface area contributed by atoms with Gasteiger partial charge in [0.15, 0.2) is 0 Å². The highest BCUT2D eigenvalue weighted by molar-refractivity contribution is 9.10. The number of halogens is 1. The fourth-order valence-electron chi connectivity index (χ4n) is 1.50. The number of hydrogen-bond donors (Lipinski definition) is 0. The summed E-state index contributed by atoms with van der Waals surface area (Å²) in [6.07, 6.45) is 0.835. The quantitative estimate of drug-likeness (QED) is 0.783. The molecule has 0 bridgehead atoms. The van der Waals surface area contributed by atoms with Gasteiger partial charge in [0.25, 0.3) is 0 Å². The van der Waals surface area contributed by atoms with E-state index < -0.39 is 0 Å². The zero-order chi connectivity index (χ0) is 11.0. The first-order valence-corrected chi connectivity index (χ1v) is 5.55. The second kappa shape index (κ2) is 3.77. The van der Waals surface area contributed by atoms with Crippen molar-refractivity contribution in [2.24, 2.45) is 0 Å². The van der Waals surface area contributed by atoms with Crippen molar-refractivity contribution in [3.05, 3.63) is 28.4 Å². The zero-order valence-corrected chi connectivity index (χ0v) is 10.2. The summed E-state index contributed by atoms with van der Waals surface area (Å²) in [5.74, 6) is 0. The Labute approximate surface area is 96.2 Å². The lowest BCUT2D eigenvalue weighted by Crippen LogP contribution is -2.02. The number of carbonyl (C=O) groups is 1. The van der Waals surface area contributed by atoms with Gasteiger partial charge >= 0.3 is 0 Å². The molecule has 0 N–H and O–H groups in total. The molecule has 0 spiro atoms. The molecule has 0 saturated carbocycles. The fraction of sp³-hybridized carbons (Fsp3) is 0.273. The Morgan fingerprint density at radius 3 is 2.80 bits per heavy atom. The lowest BCUT2D eigenvalue weighted by molar-refractivity contribution is 0.112.